The molecule has 2 aliphatic heterocycles. The quantitative estimate of drug-likeness (QED) is 0.254. The highest BCUT2D eigenvalue weighted by atomic mass is 19.1. The van der Waals surface area contributed by atoms with Gasteiger partial charge in [0.2, 0.25) is 5.91 Å². The van der Waals surface area contributed by atoms with Crippen molar-refractivity contribution in [1.82, 2.24) is 25.1 Å². The van der Waals surface area contributed by atoms with Crippen LogP contribution in [0.15, 0.2) is 67.1 Å². The summed E-state index contributed by atoms with van der Waals surface area (Å²) in [6.07, 6.45) is 8.80. The van der Waals surface area contributed by atoms with E-state index >= 15 is 4.39 Å². The van der Waals surface area contributed by atoms with E-state index < -0.39 is 17.6 Å². The number of aromatic nitrogens is 4. The Morgan fingerprint density at radius 3 is 2.53 bits per heavy atom. The monoisotopic (exact) mass is 635 g/mol. The molecular formula is C36H38FN7O3. The standard InChI is InChI=1S/C36H38FN7O3/c1-21-16-39-43(2)33(21)23-8-10-26(11-9-23)40-34(45)32(42-35(46)36(37)12-13-36)31(22-6-7-22)25-5-3-4-24(14-25)29-17-38-18-30(41-29)44-19-28-15-27(44)20-47-28/h3-5,8-11,14,16-18,22,27-28,31-32H,6-7,12-13,15,19-20H2,1-2H3,(H,40,45)(H,42,46)/t27-,28-,31?,32?/m0/s1. The first-order valence-electron chi connectivity index (χ1n) is 16.5. The zero-order valence-electron chi connectivity index (χ0n) is 26.5. The fraction of sp³-hybridized carbons (Fsp3) is 0.417. The number of morpholine rings is 1. The summed E-state index contributed by atoms with van der Waals surface area (Å²) in [4.78, 5) is 38.9. The summed E-state index contributed by atoms with van der Waals surface area (Å²) in [6.45, 7) is 3.52. The van der Waals surface area contributed by atoms with Crippen molar-refractivity contribution in [1.29, 1.82) is 0 Å². The number of carbonyl (C=O) groups excluding carboxylic acids is 2. The van der Waals surface area contributed by atoms with Gasteiger partial charge in [0.1, 0.15) is 11.9 Å². The number of carbonyl (C=O) groups is 2. The van der Waals surface area contributed by atoms with Crippen LogP contribution in [0.3, 0.4) is 0 Å². The van der Waals surface area contributed by atoms with Gasteiger partial charge in [0.05, 0.1) is 48.7 Å². The van der Waals surface area contributed by atoms with E-state index in [-0.39, 0.29) is 36.7 Å². The van der Waals surface area contributed by atoms with Gasteiger partial charge in [-0.25, -0.2) is 9.37 Å². The number of amides is 2. The third-order valence-electron chi connectivity index (χ3n) is 10.1. The molecule has 242 valence electrons. The molecule has 2 saturated heterocycles. The molecule has 47 heavy (non-hydrogen) atoms. The van der Waals surface area contributed by atoms with E-state index in [9.17, 15) is 9.59 Å². The van der Waals surface area contributed by atoms with Gasteiger partial charge in [-0.2, -0.15) is 5.10 Å². The molecule has 2 saturated carbocycles. The minimum atomic E-state index is -1.91. The fourth-order valence-corrected chi connectivity index (χ4v) is 7.23. The summed E-state index contributed by atoms with van der Waals surface area (Å²) in [6, 6.07) is 14.9. The predicted molar refractivity (Wildman–Crippen MR) is 175 cm³/mol. The summed E-state index contributed by atoms with van der Waals surface area (Å²) >= 11 is 0. The van der Waals surface area contributed by atoms with Crippen molar-refractivity contribution in [2.45, 2.75) is 68.8 Å². The van der Waals surface area contributed by atoms with Crippen LogP contribution in [0.4, 0.5) is 15.9 Å². The molecular weight excluding hydrogens is 597 g/mol. The molecule has 2 aliphatic carbocycles. The van der Waals surface area contributed by atoms with Gasteiger partial charge in [0.25, 0.3) is 5.91 Å². The minimum absolute atomic E-state index is 0.170. The maximum absolute atomic E-state index is 15.0. The molecule has 4 atom stereocenters. The number of hydrogen-bond donors (Lipinski definition) is 2. The molecule has 10 nitrogen and oxygen atoms in total. The molecule has 4 heterocycles. The van der Waals surface area contributed by atoms with E-state index in [0.29, 0.717) is 18.3 Å². The highest BCUT2D eigenvalue weighted by Crippen LogP contribution is 2.46. The van der Waals surface area contributed by atoms with E-state index in [4.69, 9.17) is 9.72 Å². The maximum Gasteiger partial charge on any atom is 0.258 e. The van der Waals surface area contributed by atoms with Crippen molar-refractivity contribution in [3.05, 3.63) is 78.2 Å². The van der Waals surface area contributed by atoms with Crippen LogP contribution in [0.25, 0.3) is 22.5 Å². The normalized spacial score (nSPS) is 22.1. The zero-order chi connectivity index (χ0) is 32.3. The lowest BCUT2D eigenvalue weighted by Crippen LogP contribution is -2.51. The number of hydrogen-bond acceptors (Lipinski definition) is 7. The lowest BCUT2D eigenvalue weighted by Gasteiger charge is -2.29. The summed E-state index contributed by atoms with van der Waals surface area (Å²) in [5.41, 5.74) is 4.22. The molecule has 8 rings (SSSR count). The van der Waals surface area contributed by atoms with Gasteiger partial charge >= 0.3 is 0 Å². The highest BCUT2D eigenvalue weighted by molar-refractivity contribution is 6.00. The molecule has 0 radical (unpaired) electrons. The van der Waals surface area contributed by atoms with Crippen molar-refractivity contribution >= 4 is 23.3 Å². The van der Waals surface area contributed by atoms with Gasteiger partial charge in [0, 0.05) is 36.3 Å². The predicted octanol–water partition coefficient (Wildman–Crippen LogP) is 4.95. The highest BCUT2D eigenvalue weighted by Gasteiger charge is 2.53. The maximum atomic E-state index is 15.0. The number of nitrogens with zero attached hydrogens (tertiary/aromatic N) is 5. The number of aryl methyl sites for hydroxylation is 2. The Kier molecular flexibility index (Phi) is 7.31. The third-order valence-corrected chi connectivity index (χ3v) is 10.1. The number of halogens is 1. The van der Waals surface area contributed by atoms with Gasteiger partial charge in [-0.05, 0) is 74.3 Å². The van der Waals surface area contributed by atoms with Crippen LogP contribution in [0, 0.1) is 12.8 Å². The van der Waals surface area contributed by atoms with Crippen molar-refractivity contribution in [2.24, 2.45) is 13.0 Å². The second-order valence-electron chi connectivity index (χ2n) is 13.5. The average molecular weight is 636 g/mol. The van der Waals surface area contributed by atoms with Crippen molar-refractivity contribution in [3.8, 4) is 22.5 Å². The second-order valence-corrected chi connectivity index (χ2v) is 13.5. The second kappa shape index (κ2) is 11.6. The van der Waals surface area contributed by atoms with Gasteiger partial charge in [-0.1, -0.05) is 30.3 Å². The lowest BCUT2D eigenvalue weighted by atomic mass is 9.85. The molecule has 2 amide bonds. The Labute approximate surface area is 272 Å². The van der Waals surface area contributed by atoms with E-state index in [1.807, 2.05) is 73.4 Å². The van der Waals surface area contributed by atoms with Gasteiger partial charge in [-0.15, -0.1) is 0 Å². The number of nitrogens with one attached hydrogen (secondary N) is 2. The molecule has 2 unspecified atom stereocenters. The molecule has 2 aromatic carbocycles. The van der Waals surface area contributed by atoms with Crippen molar-refractivity contribution < 1.29 is 18.7 Å². The van der Waals surface area contributed by atoms with Gasteiger partial charge < -0.3 is 20.3 Å². The number of anilines is 2. The van der Waals surface area contributed by atoms with Gasteiger partial charge in [-0.3, -0.25) is 19.3 Å². The lowest BCUT2D eigenvalue weighted by molar-refractivity contribution is -0.131. The fourth-order valence-electron chi connectivity index (χ4n) is 7.23. The van der Waals surface area contributed by atoms with Crippen LogP contribution in [0.2, 0.25) is 0 Å². The van der Waals surface area contributed by atoms with Crippen LogP contribution >= 0.6 is 0 Å². The van der Waals surface area contributed by atoms with Crippen LogP contribution in [-0.4, -0.2) is 68.6 Å². The molecule has 4 aliphatic rings. The summed E-state index contributed by atoms with van der Waals surface area (Å²) in [7, 11) is 1.89. The molecule has 4 aromatic rings. The zero-order valence-corrected chi connectivity index (χ0v) is 26.5. The van der Waals surface area contributed by atoms with Crippen LogP contribution in [0.5, 0.6) is 0 Å². The topological polar surface area (TPSA) is 114 Å². The van der Waals surface area contributed by atoms with E-state index in [1.54, 1.807) is 12.4 Å². The third kappa shape index (κ3) is 5.77. The Hall–Kier alpha value is -4.64. The number of fused-ring (bicyclic) bond motifs is 2. The molecule has 4 fully saturated rings. The first-order chi connectivity index (χ1) is 22.8. The Morgan fingerprint density at radius 1 is 1.06 bits per heavy atom. The first kappa shape index (κ1) is 29.7. The van der Waals surface area contributed by atoms with Crippen LogP contribution in [-0.2, 0) is 21.4 Å². The van der Waals surface area contributed by atoms with Crippen molar-refractivity contribution in [3.63, 3.8) is 0 Å². The Balaban J connectivity index is 1.08. The van der Waals surface area contributed by atoms with E-state index in [2.05, 4.69) is 25.6 Å². The first-order valence-corrected chi connectivity index (χ1v) is 16.5. The minimum Gasteiger partial charge on any atom is -0.374 e. The molecule has 2 bridgehead atoms. The van der Waals surface area contributed by atoms with E-state index in [0.717, 1.165) is 65.3 Å². The SMILES string of the molecule is Cc1cnn(C)c1-c1ccc(NC(=O)C(NC(=O)C2(F)CC2)C(c2cccc(-c3cncc(N4C[C@@H]5C[C@H]4CO5)n3)c2)C2CC2)cc1. The molecule has 2 aromatic heterocycles. The summed E-state index contributed by atoms with van der Waals surface area (Å²) < 4.78 is 22.6. The van der Waals surface area contributed by atoms with E-state index in [1.165, 1.54) is 0 Å². The number of benzene rings is 2. The smallest absolute Gasteiger partial charge is 0.258 e. The molecule has 11 heteroatoms. The Morgan fingerprint density at radius 2 is 1.87 bits per heavy atom. The van der Waals surface area contributed by atoms with Gasteiger partial charge in [0.15, 0.2) is 5.67 Å². The van der Waals surface area contributed by atoms with Crippen molar-refractivity contribution in [2.75, 3.05) is 23.4 Å². The number of alkyl halides is 1. The van der Waals surface area contributed by atoms with Crippen LogP contribution in [0.1, 0.15) is 49.1 Å². The summed E-state index contributed by atoms with van der Waals surface area (Å²) in [5.74, 6) is -0.440. The average Bonchev–Trinajstić information content (AvgIpc) is 3.94. The summed E-state index contributed by atoms with van der Waals surface area (Å²) in [5, 5.41) is 10.2. The molecule has 2 N–H and O–H groups in total. The largest absolute Gasteiger partial charge is 0.374 e. The molecule has 0 spiro atoms. The Bertz CT molecular complexity index is 1810. The van der Waals surface area contributed by atoms with Crippen LogP contribution < -0.4 is 15.5 Å². The number of ether oxygens (including phenoxy) is 1. The number of rotatable bonds is 10.